The lowest BCUT2D eigenvalue weighted by Crippen LogP contribution is -1.91. The van der Waals surface area contributed by atoms with Crippen molar-refractivity contribution in [1.82, 2.24) is 0 Å². The minimum Gasteiger partial charge on any atom is -0.295 e. The molecule has 0 N–H and O–H groups in total. The quantitative estimate of drug-likeness (QED) is 0.411. The third-order valence-electron chi connectivity index (χ3n) is 2.07. The van der Waals surface area contributed by atoms with Crippen LogP contribution in [0.25, 0.3) is 0 Å². The molecule has 0 radical (unpaired) electrons. The lowest BCUT2D eigenvalue weighted by molar-refractivity contribution is -0.114. The summed E-state index contributed by atoms with van der Waals surface area (Å²) in [6.45, 7) is 4.25. The minimum atomic E-state index is 0.290. The van der Waals surface area contributed by atoms with E-state index >= 15 is 0 Å². The van der Waals surface area contributed by atoms with Crippen LogP contribution in [0.3, 0.4) is 0 Å². The molecule has 0 aliphatic carbocycles. The van der Waals surface area contributed by atoms with E-state index < -0.39 is 0 Å². The highest BCUT2D eigenvalue weighted by Crippen LogP contribution is 2.05. The normalized spacial score (nSPS) is 10.9. The van der Waals surface area contributed by atoms with Gasteiger partial charge in [-0.15, -0.1) is 0 Å². The van der Waals surface area contributed by atoms with Gasteiger partial charge in [0.15, 0.2) is 5.78 Å². The standard InChI is InChI=1S/C12H22O/c1-3-5-7-8-9-11-12(13)10-6-4-2/h6,10H,3-5,7-9,11H2,1-2H3/b10-6-. The summed E-state index contributed by atoms with van der Waals surface area (Å²) in [5, 5.41) is 0. The van der Waals surface area contributed by atoms with Crippen molar-refractivity contribution in [2.45, 2.75) is 58.8 Å². The molecule has 0 aromatic rings. The molecule has 0 saturated heterocycles. The van der Waals surface area contributed by atoms with Crippen LogP contribution >= 0.6 is 0 Å². The Balaban J connectivity index is 3.22. The van der Waals surface area contributed by atoms with Gasteiger partial charge in [0.05, 0.1) is 0 Å². The van der Waals surface area contributed by atoms with Gasteiger partial charge in [-0.1, -0.05) is 45.6 Å². The number of hydrogen-bond donors (Lipinski definition) is 0. The lowest BCUT2D eigenvalue weighted by atomic mass is 10.1. The molecular weight excluding hydrogens is 160 g/mol. The molecule has 13 heavy (non-hydrogen) atoms. The van der Waals surface area contributed by atoms with Gasteiger partial charge in [0.1, 0.15) is 0 Å². The first-order valence-corrected chi connectivity index (χ1v) is 5.50. The summed E-state index contributed by atoms with van der Waals surface area (Å²) in [6, 6.07) is 0. The Hall–Kier alpha value is -0.590. The minimum absolute atomic E-state index is 0.290. The molecule has 76 valence electrons. The molecule has 1 heteroatoms. The van der Waals surface area contributed by atoms with Crippen molar-refractivity contribution in [1.29, 1.82) is 0 Å². The van der Waals surface area contributed by atoms with E-state index in [0.717, 1.165) is 19.3 Å². The fraction of sp³-hybridized carbons (Fsp3) is 0.750. The van der Waals surface area contributed by atoms with Gasteiger partial charge < -0.3 is 0 Å². The molecule has 0 aliphatic heterocycles. The maximum absolute atomic E-state index is 11.1. The maximum Gasteiger partial charge on any atom is 0.155 e. The molecule has 0 saturated carbocycles. The molecule has 0 atom stereocenters. The van der Waals surface area contributed by atoms with Gasteiger partial charge in [-0.25, -0.2) is 0 Å². The molecule has 0 amide bonds. The Kier molecular flexibility index (Phi) is 9.07. The van der Waals surface area contributed by atoms with Gasteiger partial charge >= 0.3 is 0 Å². The van der Waals surface area contributed by atoms with Crippen LogP contribution in [-0.2, 0) is 4.79 Å². The number of carbonyl (C=O) groups excluding carboxylic acids is 1. The summed E-state index contributed by atoms with van der Waals surface area (Å²) in [6.07, 6.45) is 11.5. The van der Waals surface area contributed by atoms with E-state index in [4.69, 9.17) is 0 Å². The molecule has 0 aromatic heterocycles. The Morgan fingerprint density at radius 3 is 2.38 bits per heavy atom. The molecule has 0 unspecified atom stereocenters. The van der Waals surface area contributed by atoms with Crippen LogP contribution in [0.5, 0.6) is 0 Å². The Morgan fingerprint density at radius 2 is 1.77 bits per heavy atom. The zero-order chi connectivity index (χ0) is 9.94. The first-order chi connectivity index (χ1) is 6.31. The van der Waals surface area contributed by atoms with Crippen LogP contribution in [0.4, 0.5) is 0 Å². The van der Waals surface area contributed by atoms with E-state index in [1.807, 2.05) is 13.0 Å². The zero-order valence-corrected chi connectivity index (χ0v) is 9.01. The van der Waals surface area contributed by atoms with Gasteiger partial charge in [0.2, 0.25) is 0 Å². The van der Waals surface area contributed by atoms with Gasteiger partial charge in [0.25, 0.3) is 0 Å². The Labute approximate surface area is 82.2 Å². The molecule has 0 fully saturated rings. The van der Waals surface area contributed by atoms with Crippen LogP contribution in [0.1, 0.15) is 58.8 Å². The van der Waals surface area contributed by atoms with E-state index in [2.05, 4.69) is 6.92 Å². The molecule has 0 heterocycles. The van der Waals surface area contributed by atoms with Crippen LogP contribution in [-0.4, -0.2) is 5.78 Å². The number of allylic oxidation sites excluding steroid dienone is 2. The fourth-order valence-electron chi connectivity index (χ4n) is 1.24. The average Bonchev–Trinajstić information content (AvgIpc) is 2.14. The van der Waals surface area contributed by atoms with Crippen molar-refractivity contribution in [3.05, 3.63) is 12.2 Å². The third kappa shape index (κ3) is 9.32. The number of carbonyl (C=O) groups is 1. The van der Waals surface area contributed by atoms with Crippen LogP contribution < -0.4 is 0 Å². The predicted molar refractivity (Wildman–Crippen MR) is 57.8 cm³/mol. The van der Waals surface area contributed by atoms with E-state index in [1.54, 1.807) is 6.08 Å². The molecule has 0 rings (SSSR count). The Morgan fingerprint density at radius 1 is 1.08 bits per heavy atom. The molecule has 0 spiro atoms. The molecular formula is C12H22O. The first kappa shape index (κ1) is 12.4. The zero-order valence-electron chi connectivity index (χ0n) is 9.01. The lowest BCUT2D eigenvalue weighted by Gasteiger charge is -1.96. The fourth-order valence-corrected chi connectivity index (χ4v) is 1.24. The van der Waals surface area contributed by atoms with E-state index in [0.29, 0.717) is 5.78 Å². The summed E-state index contributed by atoms with van der Waals surface area (Å²) < 4.78 is 0. The van der Waals surface area contributed by atoms with Crippen LogP contribution in [0.2, 0.25) is 0 Å². The van der Waals surface area contributed by atoms with E-state index in [1.165, 1.54) is 25.7 Å². The second-order valence-electron chi connectivity index (χ2n) is 3.44. The summed E-state index contributed by atoms with van der Waals surface area (Å²) >= 11 is 0. The van der Waals surface area contributed by atoms with Crippen LogP contribution in [0.15, 0.2) is 12.2 Å². The monoisotopic (exact) mass is 182 g/mol. The summed E-state index contributed by atoms with van der Waals surface area (Å²) in [5.74, 6) is 0.290. The number of hydrogen-bond acceptors (Lipinski definition) is 1. The van der Waals surface area contributed by atoms with Crippen molar-refractivity contribution in [3.8, 4) is 0 Å². The smallest absolute Gasteiger partial charge is 0.155 e. The Bertz CT molecular complexity index is 147. The van der Waals surface area contributed by atoms with Crippen molar-refractivity contribution >= 4 is 5.78 Å². The summed E-state index contributed by atoms with van der Waals surface area (Å²) in [7, 11) is 0. The van der Waals surface area contributed by atoms with Crippen LogP contribution in [0, 0.1) is 0 Å². The van der Waals surface area contributed by atoms with E-state index in [9.17, 15) is 4.79 Å². The molecule has 0 aliphatic rings. The average molecular weight is 182 g/mol. The van der Waals surface area contributed by atoms with Gasteiger partial charge in [-0.05, 0) is 18.9 Å². The van der Waals surface area contributed by atoms with Crippen molar-refractivity contribution in [3.63, 3.8) is 0 Å². The highest BCUT2D eigenvalue weighted by molar-refractivity contribution is 5.89. The second-order valence-corrected chi connectivity index (χ2v) is 3.44. The molecule has 1 nitrogen and oxygen atoms in total. The number of unbranched alkanes of at least 4 members (excludes halogenated alkanes) is 4. The number of rotatable bonds is 8. The second kappa shape index (κ2) is 9.50. The highest BCUT2D eigenvalue weighted by Gasteiger charge is 1.95. The summed E-state index contributed by atoms with van der Waals surface area (Å²) in [4.78, 5) is 11.1. The number of ketones is 1. The molecule has 0 aromatic carbocycles. The van der Waals surface area contributed by atoms with Crippen molar-refractivity contribution in [2.24, 2.45) is 0 Å². The highest BCUT2D eigenvalue weighted by atomic mass is 16.1. The predicted octanol–water partition coefficient (Wildman–Crippen LogP) is 3.88. The van der Waals surface area contributed by atoms with Gasteiger partial charge in [-0.3, -0.25) is 4.79 Å². The van der Waals surface area contributed by atoms with Gasteiger partial charge in [0, 0.05) is 6.42 Å². The van der Waals surface area contributed by atoms with Crippen molar-refractivity contribution < 1.29 is 4.79 Å². The largest absolute Gasteiger partial charge is 0.295 e. The first-order valence-electron chi connectivity index (χ1n) is 5.50. The van der Waals surface area contributed by atoms with Crippen molar-refractivity contribution in [2.75, 3.05) is 0 Å². The topological polar surface area (TPSA) is 17.1 Å². The summed E-state index contributed by atoms with van der Waals surface area (Å²) in [5.41, 5.74) is 0. The van der Waals surface area contributed by atoms with E-state index in [-0.39, 0.29) is 0 Å². The SMILES string of the molecule is CC/C=C\C(=O)CCCCCCC. The third-order valence-corrected chi connectivity index (χ3v) is 2.07. The maximum atomic E-state index is 11.1. The van der Waals surface area contributed by atoms with Gasteiger partial charge in [-0.2, -0.15) is 0 Å². The molecule has 0 bridgehead atoms.